The Morgan fingerprint density at radius 3 is 2.48 bits per heavy atom. The first-order valence-electron chi connectivity index (χ1n) is 7.02. The summed E-state index contributed by atoms with van der Waals surface area (Å²) in [6, 6.07) is 5.50. The highest BCUT2D eigenvalue weighted by atomic mass is 35.5. The van der Waals surface area contributed by atoms with Gasteiger partial charge in [-0.05, 0) is 57.0 Å². The normalized spacial score (nSPS) is 16.9. The van der Waals surface area contributed by atoms with Crippen LogP contribution in [0.15, 0.2) is 18.2 Å². The van der Waals surface area contributed by atoms with Gasteiger partial charge in [0.1, 0.15) is 0 Å². The lowest BCUT2D eigenvalue weighted by Crippen LogP contribution is -2.42. The maximum atomic E-state index is 12.2. The van der Waals surface area contributed by atoms with Gasteiger partial charge in [-0.15, -0.1) is 12.4 Å². The van der Waals surface area contributed by atoms with Crippen molar-refractivity contribution < 1.29 is 4.79 Å². The summed E-state index contributed by atoms with van der Waals surface area (Å²) < 4.78 is 0. The number of nitrogens with one attached hydrogen (secondary N) is 2. The maximum Gasteiger partial charge on any atom is 0.223 e. The van der Waals surface area contributed by atoms with Crippen molar-refractivity contribution in [1.82, 2.24) is 10.6 Å². The molecule has 21 heavy (non-hydrogen) atoms. The van der Waals surface area contributed by atoms with E-state index in [1.807, 2.05) is 25.1 Å². The van der Waals surface area contributed by atoms with Crippen molar-refractivity contribution in [3.63, 3.8) is 0 Å². The predicted octanol–water partition coefficient (Wildman–Crippen LogP) is 3.46. The van der Waals surface area contributed by atoms with Crippen molar-refractivity contribution in [3.8, 4) is 0 Å². The lowest BCUT2D eigenvalue weighted by atomic mass is 9.96. The first-order chi connectivity index (χ1) is 9.58. The highest BCUT2D eigenvalue weighted by molar-refractivity contribution is 6.36. The summed E-state index contributed by atoms with van der Waals surface area (Å²) in [5.41, 5.74) is 0.897. The van der Waals surface area contributed by atoms with Crippen molar-refractivity contribution in [2.45, 2.75) is 32.2 Å². The SMILES string of the molecule is CC(Cc1c(Cl)cccc1Cl)NC(=O)C1CCNCC1.Cl. The molecule has 1 fully saturated rings. The average Bonchev–Trinajstić information content (AvgIpc) is 2.44. The standard InChI is InChI=1S/C15H20Cl2N2O.ClH/c1-10(9-12-13(16)3-2-4-14(12)17)19-15(20)11-5-7-18-8-6-11;/h2-4,10-11,18H,5-9H2,1H3,(H,19,20);1H. The summed E-state index contributed by atoms with van der Waals surface area (Å²) >= 11 is 12.3. The summed E-state index contributed by atoms with van der Waals surface area (Å²) in [6.45, 7) is 3.82. The zero-order valence-electron chi connectivity index (χ0n) is 12.0. The summed E-state index contributed by atoms with van der Waals surface area (Å²) in [5, 5.41) is 7.64. The first kappa shape index (κ1) is 18.6. The fourth-order valence-corrected chi connectivity index (χ4v) is 3.08. The molecule has 1 atom stereocenters. The number of carbonyl (C=O) groups excluding carboxylic acids is 1. The number of rotatable bonds is 4. The van der Waals surface area contributed by atoms with E-state index in [9.17, 15) is 4.79 Å². The molecule has 1 aliphatic rings. The minimum absolute atomic E-state index is 0. The Morgan fingerprint density at radius 1 is 1.33 bits per heavy atom. The molecule has 1 heterocycles. The largest absolute Gasteiger partial charge is 0.353 e. The van der Waals surface area contributed by atoms with Crippen LogP contribution < -0.4 is 10.6 Å². The van der Waals surface area contributed by atoms with Crippen LogP contribution in [0.25, 0.3) is 0 Å². The maximum absolute atomic E-state index is 12.2. The zero-order chi connectivity index (χ0) is 14.5. The molecule has 3 nitrogen and oxygen atoms in total. The van der Waals surface area contributed by atoms with Crippen LogP contribution in [-0.4, -0.2) is 25.0 Å². The molecule has 1 aromatic carbocycles. The molecule has 0 aliphatic carbocycles. The Labute approximate surface area is 142 Å². The minimum Gasteiger partial charge on any atom is -0.353 e. The third kappa shape index (κ3) is 5.33. The molecule has 2 rings (SSSR count). The molecule has 1 aromatic rings. The Hall–Kier alpha value is -0.480. The lowest BCUT2D eigenvalue weighted by molar-refractivity contribution is -0.126. The van der Waals surface area contributed by atoms with E-state index in [4.69, 9.17) is 23.2 Å². The highest BCUT2D eigenvalue weighted by Gasteiger charge is 2.22. The zero-order valence-corrected chi connectivity index (χ0v) is 14.3. The van der Waals surface area contributed by atoms with Crippen LogP contribution in [0.2, 0.25) is 10.0 Å². The molecular weight excluding hydrogens is 331 g/mol. The molecule has 0 saturated carbocycles. The lowest BCUT2D eigenvalue weighted by Gasteiger charge is -2.24. The van der Waals surface area contributed by atoms with Gasteiger partial charge >= 0.3 is 0 Å². The van der Waals surface area contributed by atoms with E-state index < -0.39 is 0 Å². The third-order valence-corrected chi connectivity index (χ3v) is 4.38. The Morgan fingerprint density at radius 2 is 1.90 bits per heavy atom. The van der Waals surface area contributed by atoms with Gasteiger partial charge in [0.15, 0.2) is 0 Å². The van der Waals surface area contributed by atoms with E-state index in [-0.39, 0.29) is 30.3 Å². The van der Waals surface area contributed by atoms with Gasteiger partial charge in [0, 0.05) is 22.0 Å². The van der Waals surface area contributed by atoms with Crippen molar-refractivity contribution in [2.75, 3.05) is 13.1 Å². The van der Waals surface area contributed by atoms with Crippen molar-refractivity contribution in [3.05, 3.63) is 33.8 Å². The quantitative estimate of drug-likeness (QED) is 0.872. The van der Waals surface area contributed by atoms with E-state index >= 15 is 0 Å². The van der Waals surface area contributed by atoms with Crippen molar-refractivity contribution >= 4 is 41.5 Å². The molecule has 1 aliphatic heterocycles. The van der Waals surface area contributed by atoms with E-state index in [1.54, 1.807) is 0 Å². The second-order valence-corrected chi connectivity index (χ2v) is 6.15. The summed E-state index contributed by atoms with van der Waals surface area (Å²) in [6.07, 6.45) is 2.46. The second-order valence-electron chi connectivity index (χ2n) is 5.34. The Balaban J connectivity index is 0.00000220. The van der Waals surface area contributed by atoms with Gasteiger partial charge in [0.25, 0.3) is 0 Å². The Kier molecular flexibility index (Phi) is 7.82. The van der Waals surface area contributed by atoms with Crippen LogP contribution in [0.5, 0.6) is 0 Å². The number of hydrogen-bond donors (Lipinski definition) is 2. The third-order valence-electron chi connectivity index (χ3n) is 3.67. The fourth-order valence-electron chi connectivity index (χ4n) is 2.53. The van der Waals surface area contributed by atoms with Crippen molar-refractivity contribution in [1.29, 1.82) is 0 Å². The second kappa shape index (κ2) is 8.84. The van der Waals surface area contributed by atoms with Crippen LogP contribution in [0, 0.1) is 5.92 Å². The number of benzene rings is 1. The molecule has 0 spiro atoms. The smallest absolute Gasteiger partial charge is 0.223 e. The molecule has 118 valence electrons. The van der Waals surface area contributed by atoms with Gasteiger partial charge in [0.2, 0.25) is 5.91 Å². The van der Waals surface area contributed by atoms with Gasteiger partial charge in [-0.2, -0.15) is 0 Å². The topological polar surface area (TPSA) is 41.1 Å². The fraction of sp³-hybridized carbons (Fsp3) is 0.533. The molecule has 1 unspecified atom stereocenters. The first-order valence-corrected chi connectivity index (χ1v) is 7.77. The summed E-state index contributed by atoms with van der Waals surface area (Å²) in [4.78, 5) is 12.2. The molecular formula is C15H21Cl3N2O. The van der Waals surface area contributed by atoms with Gasteiger partial charge < -0.3 is 10.6 Å². The summed E-state index contributed by atoms with van der Waals surface area (Å²) in [7, 11) is 0. The number of piperidine rings is 1. The van der Waals surface area contributed by atoms with Gasteiger partial charge in [-0.1, -0.05) is 29.3 Å². The molecule has 2 N–H and O–H groups in total. The molecule has 1 amide bonds. The molecule has 0 bridgehead atoms. The van der Waals surface area contributed by atoms with Crippen LogP contribution in [0.4, 0.5) is 0 Å². The van der Waals surface area contributed by atoms with Crippen molar-refractivity contribution in [2.24, 2.45) is 5.92 Å². The van der Waals surface area contributed by atoms with E-state index in [0.29, 0.717) is 16.5 Å². The van der Waals surface area contributed by atoms with E-state index in [2.05, 4.69) is 10.6 Å². The van der Waals surface area contributed by atoms with Crippen LogP contribution in [0.1, 0.15) is 25.3 Å². The molecule has 6 heteroatoms. The number of halogens is 3. The number of carbonyl (C=O) groups is 1. The average molecular weight is 352 g/mol. The minimum atomic E-state index is 0. The van der Waals surface area contributed by atoms with Gasteiger partial charge in [0.05, 0.1) is 0 Å². The van der Waals surface area contributed by atoms with Crippen LogP contribution in [-0.2, 0) is 11.2 Å². The number of amides is 1. The monoisotopic (exact) mass is 350 g/mol. The highest BCUT2D eigenvalue weighted by Crippen LogP contribution is 2.25. The van der Waals surface area contributed by atoms with Crippen LogP contribution in [0.3, 0.4) is 0 Å². The molecule has 0 aromatic heterocycles. The predicted molar refractivity (Wildman–Crippen MR) is 90.6 cm³/mol. The van der Waals surface area contributed by atoms with E-state index in [0.717, 1.165) is 31.5 Å². The molecule has 0 radical (unpaired) electrons. The molecule has 1 saturated heterocycles. The van der Waals surface area contributed by atoms with Crippen LogP contribution >= 0.6 is 35.6 Å². The number of hydrogen-bond acceptors (Lipinski definition) is 2. The summed E-state index contributed by atoms with van der Waals surface area (Å²) in [5.74, 6) is 0.266. The van der Waals surface area contributed by atoms with Gasteiger partial charge in [-0.3, -0.25) is 4.79 Å². The Bertz CT molecular complexity index is 456. The van der Waals surface area contributed by atoms with Gasteiger partial charge in [-0.25, -0.2) is 0 Å². The van der Waals surface area contributed by atoms with E-state index in [1.165, 1.54) is 0 Å².